The summed E-state index contributed by atoms with van der Waals surface area (Å²) in [5.74, 6) is -3.77. The van der Waals surface area contributed by atoms with Crippen LogP contribution < -0.4 is 10.6 Å². The maximum absolute atomic E-state index is 13.1. The minimum Gasteiger partial charge on any atom is -0.351 e. The van der Waals surface area contributed by atoms with Crippen molar-refractivity contribution in [2.24, 2.45) is 0 Å². The van der Waals surface area contributed by atoms with Crippen LogP contribution in [-0.4, -0.2) is 24.4 Å². The molecule has 0 saturated carbocycles. The number of carbonyl (C=O) groups excluding carboxylic acids is 1. The highest BCUT2D eigenvalue weighted by Gasteiger charge is 2.42. The number of hydrogen-bond donors (Lipinski definition) is 2. The average Bonchev–Trinajstić information content (AvgIpc) is 2.65. The van der Waals surface area contributed by atoms with Crippen LogP contribution in [0.25, 0.3) is 0 Å². The number of rotatable bonds is 3. The van der Waals surface area contributed by atoms with Crippen LogP contribution in [0.1, 0.15) is 12.0 Å². The van der Waals surface area contributed by atoms with Gasteiger partial charge in [-0.05, 0) is 23.8 Å². The van der Waals surface area contributed by atoms with Crippen LogP contribution in [0.4, 0.5) is 13.2 Å². The van der Waals surface area contributed by atoms with Gasteiger partial charge in [-0.25, -0.2) is 13.2 Å². The molecule has 1 aliphatic heterocycles. The summed E-state index contributed by atoms with van der Waals surface area (Å²) in [7, 11) is 0. The molecule has 2 rings (SSSR count). The van der Waals surface area contributed by atoms with E-state index in [-0.39, 0.29) is 19.0 Å². The molecule has 8 heteroatoms. The van der Waals surface area contributed by atoms with Gasteiger partial charge in [0.2, 0.25) is 5.91 Å². The molecular weight excluding hydrogens is 360 g/mol. The number of amides is 1. The molecule has 1 saturated heterocycles. The average molecular weight is 374 g/mol. The Morgan fingerprint density at radius 2 is 2.15 bits per heavy atom. The smallest absolute Gasteiger partial charge is 0.262 e. The van der Waals surface area contributed by atoms with Crippen molar-refractivity contribution in [3.63, 3.8) is 0 Å². The van der Waals surface area contributed by atoms with Crippen LogP contribution in [0.15, 0.2) is 22.7 Å². The fourth-order valence-corrected chi connectivity index (χ4v) is 2.44. The van der Waals surface area contributed by atoms with Gasteiger partial charge in [0.15, 0.2) is 0 Å². The highest BCUT2D eigenvalue weighted by Crippen LogP contribution is 2.25. The minimum atomic E-state index is -2.84. The van der Waals surface area contributed by atoms with Crippen molar-refractivity contribution in [2.45, 2.75) is 24.9 Å². The summed E-state index contributed by atoms with van der Waals surface area (Å²) in [6, 6.07) is 3.33. The van der Waals surface area contributed by atoms with Gasteiger partial charge in [0.25, 0.3) is 5.92 Å². The SMILES string of the molecule is Cl.O=C(NCc1cc(F)cc(Br)c1)C1CC(F)(F)CN1. The number of hydrogen-bond acceptors (Lipinski definition) is 2. The Morgan fingerprint density at radius 1 is 1.45 bits per heavy atom. The van der Waals surface area contributed by atoms with Gasteiger partial charge in [0.1, 0.15) is 5.82 Å². The van der Waals surface area contributed by atoms with Crippen LogP contribution >= 0.6 is 28.3 Å². The molecule has 112 valence electrons. The summed E-state index contributed by atoms with van der Waals surface area (Å²) in [5, 5.41) is 4.97. The Balaban J connectivity index is 0.00000200. The summed E-state index contributed by atoms with van der Waals surface area (Å²) in [6.07, 6.45) is -0.508. The third-order valence-corrected chi connectivity index (χ3v) is 3.27. The third kappa shape index (κ3) is 4.64. The number of nitrogens with one attached hydrogen (secondary N) is 2. The van der Waals surface area contributed by atoms with Gasteiger partial charge in [0.05, 0.1) is 12.6 Å². The summed E-state index contributed by atoms with van der Waals surface area (Å²) >= 11 is 3.14. The van der Waals surface area contributed by atoms with Crippen molar-refractivity contribution in [1.82, 2.24) is 10.6 Å². The molecule has 0 aliphatic carbocycles. The standard InChI is InChI=1S/C12H12BrF3N2O.ClH/c13-8-1-7(2-9(14)3-8)5-17-11(19)10-4-12(15,16)6-18-10;/h1-3,10,18H,4-6H2,(H,17,19);1H. The number of benzene rings is 1. The Kier molecular flexibility index (Phi) is 5.85. The molecule has 0 radical (unpaired) electrons. The lowest BCUT2D eigenvalue weighted by Crippen LogP contribution is -2.40. The highest BCUT2D eigenvalue weighted by molar-refractivity contribution is 9.10. The first-order valence-corrected chi connectivity index (χ1v) is 6.49. The van der Waals surface area contributed by atoms with E-state index >= 15 is 0 Å². The van der Waals surface area contributed by atoms with Crippen LogP contribution in [0.3, 0.4) is 0 Å². The van der Waals surface area contributed by atoms with Gasteiger partial charge in [0, 0.05) is 17.4 Å². The Morgan fingerprint density at radius 3 is 2.70 bits per heavy atom. The molecule has 2 N–H and O–H groups in total. The molecule has 0 aromatic heterocycles. The summed E-state index contributed by atoms with van der Waals surface area (Å²) in [4.78, 5) is 11.7. The van der Waals surface area contributed by atoms with E-state index in [1.54, 1.807) is 6.07 Å². The lowest BCUT2D eigenvalue weighted by molar-refractivity contribution is -0.123. The second-order valence-electron chi connectivity index (χ2n) is 4.49. The molecule has 20 heavy (non-hydrogen) atoms. The largest absolute Gasteiger partial charge is 0.351 e. The van der Waals surface area contributed by atoms with E-state index in [0.717, 1.165) is 0 Å². The zero-order chi connectivity index (χ0) is 14.0. The molecule has 1 heterocycles. The van der Waals surface area contributed by atoms with Crippen molar-refractivity contribution >= 4 is 34.2 Å². The number of halogens is 5. The van der Waals surface area contributed by atoms with Gasteiger partial charge >= 0.3 is 0 Å². The van der Waals surface area contributed by atoms with Crippen LogP contribution in [-0.2, 0) is 11.3 Å². The van der Waals surface area contributed by atoms with Gasteiger partial charge < -0.3 is 5.32 Å². The molecule has 0 spiro atoms. The first-order valence-electron chi connectivity index (χ1n) is 5.70. The van der Waals surface area contributed by atoms with E-state index in [0.29, 0.717) is 10.0 Å². The van der Waals surface area contributed by atoms with Crippen molar-refractivity contribution in [3.8, 4) is 0 Å². The van der Waals surface area contributed by atoms with E-state index < -0.39 is 36.7 Å². The highest BCUT2D eigenvalue weighted by atomic mass is 79.9. The van der Waals surface area contributed by atoms with Crippen molar-refractivity contribution in [1.29, 1.82) is 0 Å². The maximum Gasteiger partial charge on any atom is 0.262 e. The van der Waals surface area contributed by atoms with Gasteiger partial charge in [-0.15, -0.1) is 12.4 Å². The Hall–Kier alpha value is -0.790. The van der Waals surface area contributed by atoms with Gasteiger partial charge in [-0.1, -0.05) is 15.9 Å². The molecule has 1 amide bonds. The molecule has 1 aromatic carbocycles. The van der Waals surface area contributed by atoms with Crippen molar-refractivity contribution < 1.29 is 18.0 Å². The predicted molar refractivity (Wildman–Crippen MR) is 74.5 cm³/mol. The predicted octanol–water partition coefficient (Wildman–Crippen LogP) is 2.62. The topological polar surface area (TPSA) is 41.1 Å². The molecule has 1 aliphatic rings. The van der Waals surface area contributed by atoms with Crippen LogP contribution in [0.2, 0.25) is 0 Å². The first kappa shape index (κ1) is 17.3. The van der Waals surface area contributed by atoms with Crippen molar-refractivity contribution in [2.75, 3.05) is 6.54 Å². The summed E-state index contributed by atoms with van der Waals surface area (Å²) in [5.41, 5.74) is 0.560. The second kappa shape index (κ2) is 6.78. The monoisotopic (exact) mass is 372 g/mol. The van der Waals surface area contributed by atoms with E-state index in [9.17, 15) is 18.0 Å². The minimum absolute atomic E-state index is 0. The van der Waals surface area contributed by atoms with E-state index in [1.807, 2.05) is 0 Å². The fraction of sp³-hybridized carbons (Fsp3) is 0.417. The summed E-state index contributed by atoms with van der Waals surface area (Å²) in [6.45, 7) is -0.393. The lowest BCUT2D eigenvalue weighted by Gasteiger charge is -2.11. The Labute approximate surface area is 128 Å². The van der Waals surface area contributed by atoms with Crippen molar-refractivity contribution in [3.05, 3.63) is 34.1 Å². The third-order valence-electron chi connectivity index (χ3n) is 2.82. The van der Waals surface area contributed by atoms with Gasteiger partial charge in [-0.3, -0.25) is 10.1 Å². The van der Waals surface area contributed by atoms with Crippen LogP contribution in [0.5, 0.6) is 0 Å². The molecular formula is C12H13BrClF3N2O. The number of carbonyl (C=O) groups is 1. The molecule has 1 aromatic rings. The zero-order valence-electron chi connectivity index (χ0n) is 10.3. The maximum atomic E-state index is 13.1. The zero-order valence-corrected chi connectivity index (χ0v) is 12.7. The molecule has 1 unspecified atom stereocenters. The van der Waals surface area contributed by atoms with Gasteiger partial charge in [-0.2, -0.15) is 0 Å². The molecule has 1 fully saturated rings. The first-order chi connectivity index (χ1) is 8.85. The van der Waals surface area contributed by atoms with E-state index in [4.69, 9.17) is 0 Å². The molecule has 1 atom stereocenters. The lowest BCUT2D eigenvalue weighted by atomic mass is 10.1. The van der Waals surface area contributed by atoms with Crippen LogP contribution in [0, 0.1) is 5.82 Å². The second-order valence-corrected chi connectivity index (χ2v) is 5.40. The quantitative estimate of drug-likeness (QED) is 0.855. The molecule has 0 bridgehead atoms. The number of alkyl halides is 2. The Bertz CT molecular complexity index is 481. The summed E-state index contributed by atoms with van der Waals surface area (Å²) < 4.78 is 39.5. The van der Waals surface area contributed by atoms with E-state index in [1.165, 1.54) is 12.1 Å². The van der Waals surface area contributed by atoms with E-state index in [2.05, 4.69) is 26.6 Å². The normalized spacial score (nSPS) is 20.3. The molecule has 3 nitrogen and oxygen atoms in total. The fourth-order valence-electron chi connectivity index (χ4n) is 1.93.